The molecule has 0 radical (unpaired) electrons. The van der Waals surface area contributed by atoms with E-state index in [9.17, 15) is 71.3 Å². The molecule has 17 N–H and O–H groups in total. The summed E-state index contributed by atoms with van der Waals surface area (Å²) in [5.74, 6) is -17.5. The first kappa shape index (κ1) is 103. The topological polar surface area (TPSA) is 498 Å². The van der Waals surface area contributed by atoms with Crippen LogP contribution in [0.15, 0.2) is 152 Å². The van der Waals surface area contributed by atoms with Crippen LogP contribution in [0.3, 0.4) is 0 Å². The molecule has 0 spiro atoms. The van der Waals surface area contributed by atoms with Crippen molar-refractivity contribution in [1.82, 2.24) is 72.0 Å². The summed E-state index contributed by atoms with van der Waals surface area (Å²) in [5, 5.41) is 42.8. The van der Waals surface area contributed by atoms with Gasteiger partial charge in [0.25, 0.3) is 0 Å². The second-order valence-corrected chi connectivity index (χ2v) is 33.8. The van der Waals surface area contributed by atoms with Gasteiger partial charge in [0.2, 0.25) is 76.8 Å². The van der Waals surface area contributed by atoms with Gasteiger partial charge in [0.05, 0.1) is 36.5 Å². The Labute approximate surface area is 756 Å². The largest absolute Gasteiger partial charge is 0.508 e. The number of aldehydes is 1. The van der Waals surface area contributed by atoms with Crippen LogP contribution in [0.5, 0.6) is 11.5 Å². The number of likely N-dealkylation sites (N-methyl/N-ethyl adjacent to an activating group) is 5. The van der Waals surface area contributed by atoms with Gasteiger partial charge in [-0.15, -0.1) is 11.8 Å². The minimum absolute atomic E-state index is 0.000420. The number of ether oxygens (including phenoxy) is 1. The third-order valence-corrected chi connectivity index (χ3v) is 24.1. The van der Waals surface area contributed by atoms with Crippen LogP contribution in [0.4, 0.5) is 13.2 Å². The summed E-state index contributed by atoms with van der Waals surface area (Å²) in [7, 11) is 6.95. The van der Waals surface area contributed by atoms with Crippen molar-refractivity contribution in [3.8, 4) is 11.5 Å². The van der Waals surface area contributed by atoms with Crippen LogP contribution in [0.25, 0.3) is 10.9 Å². The van der Waals surface area contributed by atoms with E-state index < -0.39 is 210 Å². The zero-order chi connectivity index (χ0) is 95.5. The van der Waals surface area contributed by atoms with Crippen LogP contribution >= 0.6 is 11.8 Å². The van der Waals surface area contributed by atoms with Crippen molar-refractivity contribution in [3.05, 3.63) is 203 Å². The second kappa shape index (κ2) is 48.6. The molecule has 0 saturated carbocycles. The zero-order valence-electron chi connectivity index (χ0n) is 74.5. The number of hydrogen-bond acceptors (Lipinski definition) is 21. The molecule has 0 bridgehead atoms. The van der Waals surface area contributed by atoms with Gasteiger partial charge < -0.3 is 104 Å². The number of thioether (sulfide) groups is 1. The van der Waals surface area contributed by atoms with E-state index in [1.165, 1.54) is 83.3 Å². The molecule has 1 aliphatic heterocycles. The van der Waals surface area contributed by atoms with Crippen LogP contribution < -0.4 is 59.7 Å². The SMILES string of the molecule is CC[C@@H](C=O)NC(=O)[C@@H](C)N(C)C(=O)[C@H](C)N(C)C(=O)[C@H](Cc1ccccc1)N(C)C(=O)[C@H](Cc1cc(F)c(F)c(F)c1)NC(=O)CSC[C@H](NC(=O)[C@H](CCCN)NC(=O)[C@H](Cc1ccc(O)cc1)NC(=O)[C@H](Cc1c[nH]c2ccccc12)NC(=O)[C@@H](C)N(C)C1OC1[C@H](Cc1ccc(O)cc1)NC(=O)[C@H](Cc1ccccc1)N(C)C(=O)[C@@H](N)C(C)C)C(=O)NCC(N)=O. The fourth-order valence-corrected chi connectivity index (χ4v) is 15.4. The number of epoxide rings is 1. The van der Waals surface area contributed by atoms with Crippen LogP contribution in [0.2, 0.25) is 0 Å². The molecule has 0 aliphatic carbocycles. The summed E-state index contributed by atoms with van der Waals surface area (Å²) in [6.45, 7) is 8.84. The lowest BCUT2D eigenvalue weighted by Gasteiger charge is -2.36. The van der Waals surface area contributed by atoms with Gasteiger partial charge in [-0.2, -0.15) is 0 Å². The van der Waals surface area contributed by atoms with E-state index in [0.717, 1.165) is 20.3 Å². The number of para-hydroxylation sites is 1. The number of fused-ring (bicyclic) bond motifs is 1. The molecule has 38 heteroatoms. The molecule has 13 amide bonds. The second-order valence-electron chi connectivity index (χ2n) is 32.8. The fraction of sp³-hybridized carbons (Fsp3) is 0.435. The molecule has 2 heterocycles. The number of halogens is 3. The molecule has 7 aromatic rings. The average Bonchev–Trinajstić information content (AvgIpc) is 1.63. The highest BCUT2D eigenvalue weighted by atomic mass is 32.2. The number of carbonyl (C=O) groups is 14. The van der Waals surface area contributed by atoms with E-state index in [2.05, 4.69) is 47.5 Å². The number of H-pyrrole nitrogens is 1. The van der Waals surface area contributed by atoms with Gasteiger partial charge in [-0.25, -0.2) is 13.2 Å². The predicted octanol–water partition coefficient (Wildman–Crippen LogP) is 2.20. The van der Waals surface area contributed by atoms with Crippen molar-refractivity contribution in [2.75, 3.05) is 59.8 Å². The first-order valence-corrected chi connectivity index (χ1v) is 43.8. The number of aromatic nitrogens is 1. The number of nitrogens with two attached hydrogens (primary N) is 3. The predicted molar refractivity (Wildman–Crippen MR) is 480 cm³/mol. The van der Waals surface area contributed by atoms with E-state index in [4.69, 9.17) is 21.9 Å². The van der Waals surface area contributed by atoms with Crippen molar-refractivity contribution in [3.63, 3.8) is 0 Å². The Morgan fingerprint density at radius 1 is 0.515 bits per heavy atom. The highest BCUT2D eigenvalue weighted by Crippen LogP contribution is 2.33. The number of amides is 13. The lowest BCUT2D eigenvalue weighted by molar-refractivity contribution is -0.151. The van der Waals surface area contributed by atoms with E-state index in [-0.39, 0.29) is 80.9 Å². The molecule has 34 nitrogen and oxygen atoms in total. The van der Waals surface area contributed by atoms with Crippen molar-refractivity contribution in [2.24, 2.45) is 23.1 Å². The minimum atomic E-state index is -1.84. The van der Waals surface area contributed by atoms with Gasteiger partial charge in [0.1, 0.15) is 84.5 Å². The van der Waals surface area contributed by atoms with Gasteiger partial charge in [-0.1, -0.05) is 124 Å². The Morgan fingerprint density at radius 3 is 1.58 bits per heavy atom. The van der Waals surface area contributed by atoms with Crippen LogP contribution in [0.1, 0.15) is 94.2 Å². The maximum Gasteiger partial charge on any atom is 0.246 e. The van der Waals surface area contributed by atoms with Gasteiger partial charge in [0, 0.05) is 83.1 Å². The number of aromatic amines is 1. The Balaban J connectivity index is 1.02. The van der Waals surface area contributed by atoms with Crippen LogP contribution in [-0.4, -0.2) is 273 Å². The summed E-state index contributed by atoms with van der Waals surface area (Å²) >= 11 is 0.681. The third kappa shape index (κ3) is 28.9. The molecule has 2 unspecified atom stereocenters. The standard InChI is InChI=1S/C92H118F3N17O17S/c1-12-61(48-113)101-81(118)52(4)108(7)88(125)54(6)109(8)90(127)75(44-56-24-17-14-18-25-56)112(11)89(126)72(42-59-38-65(93)78(95)66(94)39-59)102-77(117)50-130-49-73(83(120)100-47-76(97)116)107-84(121)68(28-21-37-96)103-85(122)70(41-58-31-35-63(115)36-32-58)106-86(123)71(45-60-46-99-67-27-20-19-26-64(60)67)105-82(119)53(5)110(9)92-80(129-92)69(40-57-29-33-62(114)34-30-57)104-87(124)74(43-55-22-15-13-16-23-55)111(10)91(128)79(98)51(2)3/h13-20,22-27,29-36,38-39,46,48,51-54,61,68-75,79-80,92,99,114-115H,12,21,28,37,40-45,47,49-50,96,98H2,1-11H3,(H2,97,116)(H,100,120)(H,101,118)(H,102,117)(H,103,122)(H,104,124)(H,105,119)(H,106,123)(H,107,121)/t52-,53-,54+,61+,68+,69+,70+,71+,72+,73+,74+,75+,79+,80?,92?/m1/s1. The van der Waals surface area contributed by atoms with E-state index in [1.807, 2.05) is 30.3 Å². The summed E-state index contributed by atoms with van der Waals surface area (Å²) in [6, 6.07) is 21.0. The Hall–Kier alpha value is -12.8. The number of rotatable bonds is 49. The van der Waals surface area contributed by atoms with Crippen molar-refractivity contribution in [1.29, 1.82) is 0 Å². The Bertz CT molecular complexity index is 5080. The number of nitrogens with one attached hydrogen (secondary N) is 9. The maximum atomic E-state index is 15.4. The number of phenolic OH excluding ortho intramolecular Hbond substituents is 2. The van der Waals surface area contributed by atoms with Crippen LogP contribution in [0, 0.1) is 23.4 Å². The number of carbonyl (C=O) groups excluding carboxylic acids is 14. The van der Waals surface area contributed by atoms with E-state index >= 15 is 19.2 Å². The number of hydrogen-bond donors (Lipinski definition) is 14. The molecule has 15 atom stereocenters. The molecular formula is C92H118F3N17O17S. The Morgan fingerprint density at radius 2 is 1.02 bits per heavy atom. The third-order valence-electron chi connectivity index (χ3n) is 23.1. The normalized spacial score (nSPS) is 15.9. The summed E-state index contributed by atoms with van der Waals surface area (Å²) in [4.78, 5) is 208. The van der Waals surface area contributed by atoms with Crippen molar-refractivity contribution < 1.29 is 95.2 Å². The number of phenols is 2. The molecule has 1 aromatic heterocycles. The first-order valence-electron chi connectivity index (χ1n) is 42.7. The molecule has 130 heavy (non-hydrogen) atoms. The number of nitrogens with zero attached hydrogens (tertiary/aromatic N) is 5. The fourth-order valence-electron chi connectivity index (χ4n) is 14.5. The Kier molecular flexibility index (Phi) is 38.3. The summed E-state index contributed by atoms with van der Waals surface area (Å²) < 4.78 is 50.8. The number of aromatic hydroxyl groups is 2. The molecule has 1 aliphatic rings. The lowest BCUT2D eigenvalue weighted by atomic mass is 9.98. The van der Waals surface area contributed by atoms with Crippen molar-refractivity contribution in [2.45, 2.75) is 190 Å². The summed E-state index contributed by atoms with van der Waals surface area (Å²) in [6.07, 6.45) is -0.436. The average molecular weight is 1820 g/mol. The smallest absolute Gasteiger partial charge is 0.246 e. The highest BCUT2D eigenvalue weighted by Gasteiger charge is 2.51. The molecule has 6 aromatic carbocycles. The molecular weight excluding hydrogens is 1700 g/mol. The first-order chi connectivity index (χ1) is 61.7. The molecule has 1 fully saturated rings. The number of primary amides is 1. The highest BCUT2D eigenvalue weighted by molar-refractivity contribution is 8.00. The van der Waals surface area contributed by atoms with Crippen molar-refractivity contribution >= 4 is 106 Å². The van der Waals surface area contributed by atoms with E-state index in [0.29, 0.717) is 63.3 Å². The monoisotopic (exact) mass is 1820 g/mol. The molecule has 700 valence electrons. The minimum Gasteiger partial charge on any atom is -0.508 e. The molecule has 8 rings (SSSR count). The van der Waals surface area contributed by atoms with E-state index in [1.54, 1.807) is 113 Å². The van der Waals surface area contributed by atoms with Crippen LogP contribution in [-0.2, 0) is 110 Å². The lowest BCUT2D eigenvalue weighted by Crippen LogP contribution is -2.60. The quantitative estimate of drug-likeness (QED) is 0.0148. The zero-order valence-corrected chi connectivity index (χ0v) is 75.3. The van der Waals surface area contributed by atoms with Gasteiger partial charge in [-0.05, 0) is 142 Å². The van der Waals surface area contributed by atoms with Gasteiger partial charge in [-0.3, -0.25) is 67.2 Å². The summed E-state index contributed by atoms with van der Waals surface area (Å²) in [5.41, 5.74) is 21.1. The van der Waals surface area contributed by atoms with Gasteiger partial charge in [0.15, 0.2) is 17.5 Å². The molecule has 1 saturated heterocycles. The van der Waals surface area contributed by atoms with Gasteiger partial charge >= 0.3 is 0 Å². The maximum absolute atomic E-state index is 15.4. The number of benzene rings is 6.